The monoisotopic (exact) mass is 486 g/mol. The Morgan fingerprint density at radius 1 is 1.09 bits per heavy atom. The Balaban J connectivity index is 1.34. The number of carbonyl (C=O) groups is 1. The number of carbonyl (C=O) groups excluding carboxylic acids is 1. The van der Waals surface area contributed by atoms with E-state index in [4.69, 9.17) is 9.47 Å². The predicted molar refractivity (Wildman–Crippen MR) is 126 cm³/mol. The van der Waals surface area contributed by atoms with Crippen molar-refractivity contribution < 1.29 is 27.8 Å². The molecule has 0 spiro atoms. The van der Waals surface area contributed by atoms with Crippen molar-refractivity contribution in [2.45, 2.75) is 61.2 Å². The Morgan fingerprint density at radius 3 is 2.59 bits per heavy atom. The molecule has 3 heterocycles. The van der Waals surface area contributed by atoms with Crippen LogP contribution in [0, 0.1) is 0 Å². The first-order chi connectivity index (χ1) is 16.4. The van der Waals surface area contributed by atoms with Gasteiger partial charge in [0, 0.05) is 30.3 Å². The average Bonchev–Trinajstić information content (AvgIpc) is 3.22. The molecule has 5 rings (SSSR count). The fourth-order valence-corrected chi connectivity index (χ4v) is 6.30. The summed E-state index contributed by atoms with van der Waals surface area (Å²) in [6, 6.07) is 13.4. The summed E-state index contributed by atoms with van der Waals surface area (Å²) in [4.78, 5) is 14.9. The van der Waals surface area contributed by atoms with Crippen molar-refractivity contribution in [1.82, 2.24) is 4.90 Å². The van der Waals surface area contributed by atoms with Gasteiger partial charge in [-0.3, -0.25) is 9.52 Å². The Kier molecular flexibility index (Phi) is 6.50. The highest BCUT2D eigenvalue weighted by Crippen LogP contribution is 2.47. The Bertz CT molecular complexity index is 1130. The van der Waals surface area contributed by atoms with Crippen LogP contribution in [0.5, 0.6) is 5.75 Å². The Labute approximate surface area is 199 Å². The first-order valence-corrected chi connectivity index (χ1v) is 13.4. The van der Waals surface area contributed by atoms with Crippen LogP contribution in [0.1, 0.15) is 43.6 Å². The molecule has 2 aromatic carbocycles. The number of aliphatic hydroxyl groups excluding tert-OH is 1. The van der Waals surface area contributed by atoms with Gasteiger partial charge in [0.25, 0.3) is 10.0 Å². The van der Waals surface area contributed by atoms with Crippen LogP contribution in [-0.4, -0.2) is 62.3 Å². The van der Waals surface area contributed by atoms with Gasteiger partial charge in [-0.15, -0.1) is 0 Å². The summed E-state index contributed by atoms with van der Waals surface area (Å²) in [6.07, 6.45) is 2.82. The highest BCUT2D eigenvalue weighted by atomic mass is 32.2. The molecule has 0 saturated carbocycles. The summed E-state index contributed by atoms with van der Waals surface area (Å²) >= 11 is 0. The molecular weight excluding hydrogens is 456 g/mol. The predicted octanol–water partition coefficient (Wildman–Crippen LogP) is 2.88. The molecule has 2 fully saturated rings. The van der Waals surface area contributed by atoms with Gasteiger partial charge in [-0.1, -0.05) is 18.2 Å². The van der Waals surface area contributed by atoms with E-state index >= 15 is 0 Å². The number of hydrogen-bond donors (Lipinski definition) is 2. The fraction of sp³-hybridized carbons (Fsp3) is 0.480. The number of nitrogens with zero attached hydrogens (tertiary/aromatic N) is 1. The van der Waals surface area contributed by atoms with E-state index in [0.29, 0.717) is 17.9 Å². The van der Waals surface area contributed by atoms with E-state index in [9.17, 15) is 18.3 Å². The summed E-state index contributed by atoms with van der Waals surface area (Å²) in [5.74, 6) is 0.646. The average molecular weight is 487 g/mol. The molecule has 9 heteroatoms. The highest BCUT2D eigenvalue weighted by Gasteiger charge is 2.46. The van der Waals surface area contributed by atoms with Gasteiger partial charge in [0.05, 0.1) is 24.0 Å². The largest absolute Gasteiger partial charge is 0.487 e. The van der Waals surface area contributed by atoms with E-state index in [2.05, 4.69) is 4.72 Å². The SMILES string of the molecule is O=C(C[C@H]1C[C@H]2c3cc(NS(=O)(=O)c4ccccc4)ccc3O[C@H]2[C@H](CO)O1)N1CCCCC1. The minimum absolute atomic E-state index is 0.0864. The third-order valence-corrected chi connectivity index (χ3v) is 8.31. The molecule has 2 aromatic rings. The maximum Gasteiger partial charge on any atom is 0.261 e. The number of ether oxygens (including phenoxy) is 2. The van der Waals surface area contributed by atoms with Crippen molar-refractivity contribution in [2.24, 2.45) is 0 Å². The number of amides is 1. The number of benzene rings is 2. The van der Waals surface area contributed by atoms with Crippen molar-refractivity contribution >= 4 is 21.6 Å². The number of rotatable bonds is 6. The number of fused-ring (bicyclic) bond motifs is 3. The van der Waals surface area contributed by atoms with Gasteiger partial charge in [0.1, 0.15) is 18.0 Å². The maximum atomic E-state index is 12.8. The Hall–Kier alpha value is -2.62. The lowest BCUT2D eigenvalue weighted by atomic mass is 9.84. The van der Waals surface area contributed by atoms with E-state index < -0.39 is 16.1 Å². The second kappa shape index (κ2) is 9.56. The van der Waals surface area contributed by atoms with Gasteiger partial charge in [0.2, 0.25) is 5.91 Å². The summed E-state index contributed by atoms with van der Waals surface area (Å²) in [6.45, 7) is 1.37. The van der Waals surface area contributed by atoms with Crippen LogP contribution in [0.15, 0.2) is 53.4 Å². The first kappa shape index (κ1) is 23.1. The normalized spacial score (nSPS) is 26.3. The number of sulfonamides is 1. The van der Waals surface area contributed by atoms with Crippen LogP contribution in [0.25, 0.3) is 0 Å². The molecule has 1 amide bonds. The number of aliphatic hydroxyl groups is 1. The maximum absolute atomic E-state index is 12.8. The second-order valence-electron chi connectivity index (χ2n) is 9.22. The smallest absolute Gasteiger partial charge is 0.261 e. The van der Waals surface area contributed by atoms with Crippen molar-refractivity contribution in [3.63, 3.8) is 0 Å². The molecule has 0 aromatic heterocycles. The van der Waals surface area contributed by atoms with Crippen molar-refractivity contribution in [3.8, 4) is 5.75 Å². The minimum Gasteiger partial charge on any atom is -0.487 e. The highest BCUT2D eigenvalue weighted by molar-refractivity contribution is 7.92. The molecule has 3 aliphatic heterocycles. The fourth-order valence-electron chi connectivity index (χ4n) is 5.23. The molecule has 3 aliphatic rings. The van der Waals surface area contributed by atoms with Crippen LogP contribution in [0.2, 0.25) is 0 Å². The lowest BCUT2D eigenvalue weighted by Crippen LogP contribution is -2.48. The lowest BCUT2D eigenvalue weighted by molar-refractivity contribution is -0.149. The molecule has 0 unspecified atom stereocenters. The number of hydrogen-bond acceptors (Lipinski definition) is 6. The zero-order valence-corrected chi connectivity index (χ0v) is 19.7. The lowest BCUT2D eigenvalue weighted by Gasteiger charge is -2.38. The molecule has 34 heavy (non-hydrogen) atoms. The van der Waals surface area contributed by atoms with Crippen molar-refractivity contribution in [2.75, 3.05) is 24.4 Å². The van der Waals surface area contributed by atoms with Gasteiger partial charge in [0.15, 0.2) is 0 Å². The Morgan fingerprint density at radius 2 is 1.85 bits per heavy atom. The zero-order chi connectivity index (χ0) is 23.7. The molecular formula is C25H30N2O6S. The van der Waals surface area contributed by atoms with Gasteiger partial charge >= 0.3 is 0 Å². The quantitative estimate of drug-likeness (QED) is 0.651. The molecule has 0 bridgehead atoms. The summed E-state index contributed by atoms with van der Waals surface area (Å²) < 4.78 is 40.4. The van der Waals surface area contributed by atoms with Crippen LogP contribution in [0.3, 0.4) is 0 Å². The molecule has 182 valence electrons. The number of nitrogens with one attached hydrogen (secondary N) is 1. The van der Waals surface area contributed by atoms with Crippen molar-refractivity contribution in [3.05, 3.63) is 54.1 Å². The van der Waals surface area contributed by atoms with Gasteiger partial charge < -0.3 is 19.5 Å². The number of anilines is 1. The zero-order valence-electron chi connectivity index (χ0n) is 18.9. The summed E-state index contributed by atoms with van der Waals surface area (Å²) in [7, 11) is -3.72. The van der Waals surface area contributed by atoms with E-state index in [0.717, 1.165) is 37.9 Å². The standard InChI is InChI=1S/C25H30N2O6S/c28-16-23-25-21(14-18(32-23)15-24(29)27-11-5-2-6-12-27)20-13-17(9-10-22(20)33-25)26-34(30,31)19-7-3-1-4-8-19/h1,3-4,7-10,13,18,21,23,25-26,28H,2,5-6,11-12,14-16H2/t18-,21+,23+,25-/m1/s1. The van der Waals surface area contributed by atoms with Crippen LogP contribution in [-0.2, 0) is 19.6 Å². The molecule has 8 nitrogen and oxygen atoms in total. The van der Waals surface area contributed by atoms with Crippen LogP contribution >= 0.6 is 0 Å². The summed E-state index contributed by atoms with van der Waals surface area (Å²) in [5, 5.41) is 9.96. The van der Waals surface area contributed by atoms with Crippen LogP contribution in [0.4, 0.5) is 5.69 Å². The van der Waals surface area contributed by atoms with Crippen LogP contribution < -0.4 is 9.46 Å². The topological polar surface area (TPSA) is 105 Å². The summed E-state index contributed by atoms with van der Waals surface area (Å²) in [5.41, 5.74) is 1.32. The third kappa shape index (κ3) is 4.64. The molecule has 0 aliphatic carbocycles. The minimum atomic E-state index is -3.72. The number of likely N-dealkylation sites (tertiary alicyclic amines) is 1. The van der Waals surface area contributed by atoms with Gasteiger partial charge in [-0.25, -0.2) is 8.42 Å². The molecule has 2 saturated heterocycles. The van der Waals surface area contributed by atoms with E-state index in [-0.39, 0.29) is 42.0 Å². The van der Waals surface area contributed by atoms with E-state index in [1.54, 1.807) is 48.5 Å². The first-order valence-electron chi connectivity index (χ1n) is 11.9. The van der Waals surface area contributed by atoms with Crippen molar-refractivity contribution in [1.29, 1.82) is 0 Å². The third-order valence-electron chi connectivity index (χ3n) is 6.92. The van der Waals surface area contributed by atoms with Gasteiger partial charge in [-0.2, -0.15) is 0 Å². The second-order valence-corrected chi connectivity index (χ2v) is 10.9. The van der Waals surface area contributed by atoms with E-state index in [1.165, 1.54) is 0 Å². The number of piperidine rings is 1. The van der Waals surface area contributed by atoms with Gasteiger partial charge in [-0.05, 0) is 56.0 Å². The molecule has 0 radical (unpaired) electrons. The molecule has 4 atom stereocenters. The van der Waals surface area contributed by atoms with E-state index in [1.807, 2.05) is 4.90 Å². The molecule has 2 N–H and O–H groups in total.